The van der Waals surface area contributed by atoms with Crippen molar-refractivity contribution in [2.45, 2.75) is 16.3 Å². The summed E-state index contributed by atoms with van der Waals surface area (Å²) in [6.07, 6.45) is 2.15. The van der Waals surface area contributed by atoms with Crippen LogP contribution in [0.25, 0.3) is 0 Å². The van der Waals surface area contributed by atoms with Gasteiger partial charge in [-0.05, 0) is 0 Å². The summed E-state index contributed by atoms with van der Waals surface area (Å²) >= 11 is 1.19. The van der Waals surface area contributed by atoms with Crippen LogP contribution in [0.15, 0.2) is 29.2 Å². The van der Waals surface area contributed by atoms with Crippen molar-refractivity contribution in [2.75, 3.05) is 6.26 Å². The average molecular weight is 228 g/mol. The van der Waals surface area contributed by atoms with E-state index < -0.39 is 14.7 Å². The molecule has 0 saturated heterocycles. The van der Waals surface area contributed by atoms with Crippen LogP contribution in [0.1, 0.15) is 0 Å². The molecule has 0 unspecified atom stereocenters. The fourth-order valence-electron chi connectivity index (χ4n) is 0.999. The van der Waals surface area contributed by atoms with Gasteiger partial charge in [0.2, 0.25) is 0 Å². The second kappa shape index (κ2) is 4.23. The zero-order valence-electron chi connectivity index (χ0n) is 7.16. The van der Waals surface area contributed by atoms with Gasteiger partial charge < -0.3 is 0 Å². The van der Waals surface area contributed by atoms with Crippen LogP contribution in [0.2, 0.25) is 11.4 Å². The molecule has 1 aromatic rings. The first-order valence-electron chi connectivity index (χ1n) is 3.56. The van der Waals surface area contributed by atoms with Crippen molar-refractivity contribution in [2.24, 2.45) is 0 Å². The van der Waals surface area contributed by atoms with Gasteiger partial charge in [0.25, 0.3) is 0 Å². The van der Waals surface area contributed by atoms with Gasteiger partial charge in [0, 0.05) is 0 Å². The third-order valence-electron chi connectivity index (χ3n) is 1.57. The topological polar surface area (TPSA) is 0 Å². The third-order valence-corrected chi connectivity index (χ3v) is 5.53. The summed E-state index contributed by atoms with van der Waals surface area (Å²) in [6.45, 7) is 0. The van der Waals surface area contributed by atoms with Crippen molar-refractivity contribution >= 4 is 30.8 Å². The van der Waals surface area contributed by atoms with Crippen LogP contribution in [-0.2, 0) is 0 Å². The fourth-order valence-corrected chi connectivity index (χ4v) is 4.90. The van der Waals surface area contributed by atoms with E-state index in [0.29, 0.717) is 0 Å². The van der Waals surface area contributed by atoms with Crippen LogP contribution in [0.5, 0.6) is 0 Å². The molecule has 2 heteroatoms. The molecule has 1 aromatic carbocycles. The molecule has 11 heavy (non-hydrogen) atoms. The Morgan fingerprint density at radius 3 is 2.27 bits per heavy atom. The number of rotatable bonds is 2. The van der Waals surface area contributed by atoms with E-state index in [-0.39, 0.29) is 0 Å². The van der Waals surface area contributed by atoms with Gasteiger partial charge in [0.1, 0.15) is 0 Å². The number of hydrogen-bond donors (Lipinski definition) is 0. The molecule has 0 spiro atoms. The summed E-state index contributed by atoms with van der Waals surface area (Å²) in [7, 11) is 0. The maximum absolute atomic E-state index is 2.38. The Balaban J connectivity index is 3.02. The van der Waals surface area contributed by atoms with Gasteiger partial charge in [-0.1, -0.05) is 0 Å². The Labute approximate surface area is 77.6 Å². The van der Waals surface area contributed by atoms with Crippen molar-refractivity contribution in [3.8, 4) is 0 Å². The van der Waals surface area contributed by atoms with Crippen molar-refractivity contribution in [3.05, 3.63) is 24.3 Å². The van der Waals surface area contributed by atoms with E-state index in [1.165, 1.54) is 4.90 Å². The first kappa shape index (κ1) is 9.22. The molecule has 0 radical (unpaired) electrons. The Morgan fingerprint density at radius 1 is 1.18 bits per heavy atom. The van der Waals surface area contributed by atoms with Crippen LogP contribution in [0.3, 0.4) is 0 Å². The first-order valence-corrected chi connectivity index (χ1v) is 9.47. The van der Waals surface area contributed by atoms with Crippen LogP contribution in [-0.4, -0.2) is 20.9 Å². The molecule has 0 N–H and O–H groups in total. The predicted molar refractivity (Wildman–Crippen MR) is 55.3 cm³/mol. The number of benzene rings is 1. The van der Waals surface area contributed by atoms with Gasteiger partial charge in [-0.2, -0.15) is 0 Å². The normalized spacial score (nSPS) is 10.5. The van der Waals surface area contributed by atoms with Crippen LogP contribution >= 0.6 is 11.8 Å². The average Bonchev–Trinajstić information content (AvgIpc) is 2.04. The van der Waals surface area contributed by atoms with E-state index in [0.717, 1.165) is 0 Å². The third kappa shape index (κ3) is 2.28. The summed E-state index contributed by atoms with van der Waals surface area (Å²) in [5.74, 6) is 0. The van der Waals surface area contributed by atoms with Crippen molar-refractivity contribution in [1.29, 1.82) is 0 Å². The first-order chi connectivity index (χ1) is 5.25. The zero-order valence-corrected chi connectivity index (χ0v) is 9.86. The molecule has 0 fully saturated rings. The molecule has 0 aromatic heterocycles. The molecule has 0 aliphatic carbocycles. The van der Waals surface area contributed by atoms with Crippen LogP contribution in [0, 0.1) is 0 Å². The van der Waals surface area contributed by atoms with E-state index in [4.69, 9.17) is 0 Å². The molecule has 60 valence electrons. The van der Waals surface area contributed by atoms with E-state index in [1.54, 1.807) is 4.35 Å². The molecule has 0 aliphatic heterocycles. The standard InChI is InChI=1S/C9H13AsS/c1-10(2)8-6-4-5-7-9(8)11-3/h4-7H,1-3H3. The molecular formula is C9H13AsS. The molecule has 0 amide bonds. The van der Waals surface area contributed by atoms with Crippen molar-refractivity contribution in [1.82, 2.24) is 0 Å². The molecular weight excluding hydrogens is 215 g/mol. The van der Waals surface area contributed by atoms with Gasteiger partial charge in [-0.15, -0.1) is 0 Å². The predicted octanol–water partition coefficient (Wildman–Crippen LogP) is 2.37. The van der Waals surface area contributed by atoms with Gasteiger partial charge >= 0.3 is 77.6 Å². The molecule has 0 atom stereocenters. The van der Waals surface area contributed by atoms with Crippen LogP contribution in [0.4, 0.5) is 0 Å². The molecule has 0 saturated carbocycles. The molecule has 0 aliphatic rings. The fraction of sp³-hybridized carbons (Fsp3) is 0.333. The van der Waals surface area contributed by atoms with E-state index in [9.17, 15) is 0 Å². The molecule has 1 rings (SSSR count). The minimum atomic E-state index is -0.669. The van der Waals surface area contributed by atoms with Crippen molar-refractivity contribution < 1.29 is 0 Å². The summed E-state index contributed by atoms with van der Waals surface area (Å²) in [5.41, 5.74) is 4.75. The van der Waals surface area contributed by atoms with Gasteiger partial charge in [0.15, 0.2) is 0 Å². The van der Waals surface area contributed by atoms with Crippen molar-refractivity contribution in [3.63, 3.8) is 0 Å². The minimum absolute atomic E-state index is 0.669. The van der Waals surface area contributed by atoms with Gasteiger partial charge in [-0.25, -0.2) is 0 Å². The Morgan fingerprint density at radius 2 is 1.82 bits per heavy atom. The second-order valence-electron chi connectivity index (χ2n) is 2.57. The monoisotopic (exact) mass is 228 g/mol. The quantitative estimate of drug-likeness (QED) is 0.553. The van der Waals surface area contributed by atoms with Gasteiger partial charge in [-0.3, -0.25) is 0 Å². The molecule has 0 heterocycles. The SMILES string of the molecule is CSc1ccccc1[As](C)C. The summed E-state index contributed by atoms with van der Waals surface area (Å²) in [4.78, 5) is 1.47. The maximum atomic E-state index is 2.38. The molecule has 0 nitrogen and oxygen atoms in total. The Kier molecular flexibility index (Phi) is 3.54. The van der Waals surface area contributed by atoms with E-state index in [1.807, 2.05) is 11.8 Å². The zero-order chi connectivity index (χ0) is 8.27. The van der Waals surface area contributed by atoms with Gasteiger partial charge in [0.05, 0.1) is 0 Å². The van der Waals surface area contributed by atoms with E-state index >= 15 is 0 Å². The summed E-state index contributed by atoms with van der Waals surface area (Å²) in [6, 6.07) is 8.75. The Hall–Kier alpha value is 0.128. The second-order valence-corrected chi connectivity index (χ2v) is 8.18. The number of hydrogen-bond acceptors (Lipinski definition) is 1. The molecule has 0 bridgehead atoms. The summed E-state index contributed by atoms with van der Waals surface area (Å²) < 4.78 is 1.60. The number of thioether (sulfide) groups is 1. The van der Waals surface area contributed by atoms with E-state index in [2.05, 4.69) is 41.9 Å². The Bertz CT molecular complexity index is 233. The summed E-state index contributed by atoms with van der Waals surface area (Å²) in [5, 5.41) is 0. The van der Waals surface area contributed by atoms with Crippen LogP contribution < -0.4 is 4.35 Å².